The maximum atomic E-state index is 3.87. The van der Waals surface area contributed by atoms with Gasteiger partial charge in [0.05, 0.1) is 0 Å². The molecule has 1 N–H and O–H groups in total. The summed E-state index contributed by atoms with van der Waals surface area (Å²) in [5.41, 5.74) is 0.450. The summed E-state index contributed by atoms with van der Waals surface area (Å²) in [6, 6.07) is 0.659. The molecule has 3 nitrogen and oxygen atoms in total. The molecule has 2 atom stereocenters. The van der Waals surface area contributed by atoms with Crippen molar-refractivity contribution < 1.29 is 0 Å². The molecular formula is C17H35N3. The fourth-order valence-corrected chi connectivity index (χ4v) is 3.90. The number of rotatable bonds is 7. The van der Waals surface area contributed by atoms with Crippen molar-refractivity contribution in [2.45, 2.75) is 64.0 Å². The lowest BCUT2D eigenvalue weighted by molar-refractivity contribution is 0.0520. The van der Waals surface area contributed by atoms with E-state index in [4.69, 9.17) is 0 Å². The largest absolute Gasteiger partial charge is 0.312 e. The molecule has 2 unspecified atom stereocenters. The van der Waals surface area contributed by atoms with Gasteiger partial charge in [0.15, 0.2) is 0 Å². The van der Waals surface area contributed by atoms with Crippen LogP contribution in [0.5, 0.6) is 0 Å². The number of hydrogen-bond acceptors (Lipinski definition) is 3. The number of nitrogens with one attached hydrogen (secondary N) is 1. The van der Waals surface area contributed by atoms with Crippen LogP contribution in [0.4, 0.5) is 0 Å². The van der Waals surface area contributed by atoms with Crippen LogP contribution in [0.2, 0.25) is 0 Å². The molecule has 118 valence electrons. The van der Waals surface area contributed by atoms with Gasteiger partial charge in [0.2, 0.25) is 0 Å². The maximum absolute atomic E-state index is 3.87. The topological polar surface area (TPSA) is 18.5 Å². The van der Waals surface area contributed by atoms with Crippen LogP contribution in [0, 0.1) is 5.92 Å². The molecule has 0 aromatic heterocycles. The molecule has 0 bridgehead atoms. The highest BCUT2D eigenvalue weighted by Crippen LogP contribution is 2.35. The zero-order valence-electron chi connectivity index (χ0n) is 14.1. The summed E-state index contributed by atoms with van der Waals surface area (Å²) in [5, 5.41) is 3.87. The Kier molecular flexibility index (Phi) is 5.88. The molecule has 1 aliphatic carbocycles. The fourth-order valence-electron chi connectivity index (χ4n) is 3.90. The van der Waals surface area contributed by atoms with Crippen molar-refractivity contribution in [2.24, 2.45) is 5.92 Å². The second-order valence-electron chi connectivity index (χ2n) is 7.34. The van der Waals surface area contributed by atoms with Crippen LogP contribution in [0.1, 0.15) is 52.4 Å². The van der Waals surface area contributed by atoms with Gasteiger partial charge >= 0.3 is 0 Å². The van der Waals surface area contributed by atoms with Gasteiger partial charge in [-0.1, -0.05) is 6.92 Å². The maximum Gasteiger partial charge on any atom is 0.0328 e. The van der Waals surface area contributed by atoms with Crippen LogP contribution < -0.4 is 5.32 Å². The van der Waals surface area contributed by atoms with E-state index in [9.17, 15) is 0 Å². The van der Waals surface area contributed by atoms with Gasteiger partial charge in [0.25, 0.3) is 0 Å². The highest BCUT2D eigenvalue weighted by atomic mass is 15.2. The molecule has 0 spiro atoms. The third kappa shape index (κ3) is 3.75. The Balaban J connectivity index is 1.77. The van der Waals surface area contributed by atoms with Crippen molar-refractivity contribution in [1.82, 2.24) is 15.1 Å². The molecule has 0 amide bonds. The first-order valence-electron chi connectivity index (χ1n) is 8.70. The van der Waals surface area contributed by atoms with E-state index in [0.717, 1.165) is 5.92 Å². The first-order valence-corrected chi connectivity index (χ1v) is 8.70. The lowest BCUT2D eigenvalue weighted by Crippen LogP contribution is -2.58. The highest BCUT2D eigenvalue weighted by Gasteiger charge is 2.39. The minimum atomic E-state index is 0.450. The summed E-state index contributed by atoms with van der Waals surface area (Å²) >= 11 is 0. The molecular weight excluding hydrogens is 246 g/mol. The number of piperidine rings is 1. The average molecular weight is 281 g/mol. The Bertz CT molecular complexity index is 284. The van der Waals surface area contributed by atoms with Crippen molar-refractivity contribution in [3.05, 3.63) is 0 Å². The Morgan fingerprint density at radius 1 is 1.30 bits per heavy atom. The summed E-state index contributed by atoms with van der Waals surface area (Å²) in [5.74, 6) is 0.842. The van der Waals surface area contributed by atoms with Crippen molar-refractivity contribution in [1.29, 1.82) is 0 Å². The number of nitrogens with zero attached hydrogens (tertiary/aromatic N) is 2. The normalized spacial score (nSPS) is 28.4. The third-order valence-electron chi connectivity index (χ3n) is 5.77. The van der Waals surface area contributed by atoms with Gasteiger partial charge in [-0.15, -0.1) is 0 Å². The molecule has 1 saturated carbocycles. The summed E-state index contributed by atoms with van der Waals surface area (Å²) in [7, 11) is 4.49. The van der Waals surface area contributed by atoms with E-state index < -0.39 is 0 Å². The molecule has 0 aromatic carbocycles. The fraction of sp³-hybridized carbons (Fsp3) is 1.00. The monoisotopic (exact) mass is 281 g/mol. The molecule has 3 heteroatoms. The minimum absolute atomic E-state index is 0.450. The average Bonchev–Trinajstić information content (AvgIpc) is 2.37. The first kappa shape index (κ1) is 16.3. The minimum Gasteiger partial charge on any atom is -0.312 e. The van der Waals surface area contributed by atoms with Crippen molar-refractivity contribution in [3.8, 4) is 0 Å². The molecule has 0 radical (unpaired) electrons. The van der Waals surface area contributed by atoms with Crippen LogP contribution in [0.3, 0.4) is 0 Å². The lowest BCUT2D eigenvalue weighted by Gasteiger charge is -2.48. The Morgan fingerprint density at radius 2 is 2.05 bits per heavy atom. The van der Waals surface area contributed by atoms with Gasteiger partial charge in [-0.3, -0.25) is 0 Å². The van der Waals surface area contributed by atoms with E-state index in [0.29, 0.717) is 11.6 Å². The summed E-state index contributed by atoms with van der Waals surface area (Å²) in [6.45, 7) is 9.77. The van der Waals surface area contributed by atoms with Gasteiger partial charge in [-0.25, -0.2) is 0 Å². The Morgan fingerprint density at radius 3 is 2.60 bits per heavy atom. The van der Waals surface area contributed by atoms with E-state index in [2.05, 4.69) is 43.1 Å². The van der Waals surface area contributed by atoms with E-state index in [-0.39, 0.29) is 0 Å². The lowest BCUT2D eigenvalue weighted by atomic mass is 9.75. The zero-order chi connectivity index (χ0) is 14.6. The zero-order valence-corrected chi connectivity index (χ0v) is 14.1. The molecule has 1 aliphatic heterocycles. The van der Waals surface area contributed by atoms with Gasteiger partial charge < -0.3 is 15.1 Å². The molecule has 0 aromatic rings. The van der Waals surface area contributed by atoms with Crippen molar-refractivity contribution >= 4 is 0 Å². The predicted molar refractivity (Wildman–Crippen MR) is 87.2 cm³/mol. The second kappa shape index (κ2) is 7.24. The molecule has 2 rings (SSSR count). The van der Waals surface area contributed by atoms with E-state index in [1.165, 1.54) is 64.7 Å². The summed E-state index contributed by atoms with van der Waals surface area (Å²) in [6.07, 6.45) is 8.22. The van der Waals surface area contributed by atoms with Crippen LogP contribution in [0.15, 0.2) is 0 Å². The van der Waals surface area contributed by atoms with E-state index in [1.54, 1.807) is 0 Å². The third-order valence-corrected chi connectivity index (χ3v) is 5.77. The van der Waals surface area contributed by atoms with Crippen molar-refractivity contribution in [2.75, 3.05) is 40.3 Å². The molecule has 2 fully saturated rings. The first-order chi connectivity index (χ1) is 9.57. The predicted octanol–water partition coefficient (Wildman–Crippen LogP) is 2.57. The summed E-state index contributed by atoms with van der Waals surface area (Å²) in [4.78, 5) is 5.11. The molecule has 2 aliphatic rings. The van der Waals surface area contributed by atoms with Crippen molar-refractivity contribution in [3.63, 3.8) is 0 Å². The van der Waals surface area contributed by atoms with Gasteiger partial charge in [-0.05, 0) is 78.6 Å². The van der Waals surface area contributed by atoms with E-state index in [1.807, 2.05) is 0 Å². The smallest absolute Gasteiger partial charge is 0.0328 e. The quantitative estimate of drug-likeness (QED) is 0.774. The van der Waals surface area contributed by atoms with Gasteiger partial charge in [0, 0.05) is 24.7 Å². The van der Waals surface area contributed by atoms with Gasteiger partial charge in [-0.2, -0.15) is 0 Å². The Hall–Kier alpha value is -0.120. The van der Waals surface area contributed by atoms with E-state index >= 15 is 0 Å². The second-order valence-corrected chi connectivity index (χ2v) is 7.34. The van der Waals surface area contributed by atoms with Crippen LogP contribution >= 0.6 is 0 Å². The van der Waals surface area contributed by atoms with Crippen LogP contribution in [0.25, 0.3) is 0 Å². The molecule has 1 saturated heterocycles. The number of likely N-dealkylation sites (tertiary alicyclic amines) is 1. The standard InChI is InChI=1S/C17H35N3/c1-5-11-20-12-6-8-16(13-20)15(2)18-14-17(19(3)4)9-7-10-17/h15-16,18H,5-14H2,1-4H3. The SMILES string of the molecule is CCCN1CCCC(C(C)NCC2(N(C)C)CCC2)C1. The van der Waals surface area contributed by atoms with Gasteiger partial charge in [0.1, 0.15) is 0 Å². The number of hydrogen-bond donors (Lipinski definition) is 1. The molecule has 20 heavy (non-hydrogen) atoms. The molecule has 1 heterocycles. The van der Waals surface area contributed by atoms with Crippen LogP contribution in [-0.2, 0) is 0 Å². The number of likely N-dealkylation sites (N-methyl/N-ethyl adjacent to an activating group) is 1. The summed E-state index contributed by atoms with van der Waals surface area (Å²) < 4.78 is 0. The van der Waals surface area contributed by atoms with Crippen LogP contribution in [-0.4, -0.2) is 61.7 Å². The highest BCUT2D eigenvalue weighted by molar-refractivity contribution is 4.98. The Labute approximate surface area is 126 Å².